The van der Waals surface area contributed by atoms with Crippen LogP contribution in [0.15, 0.2) is 18.6 Å². The molecule has 0 amide bonds. The minimum atomic E-state index is 0. The smallest absolute Gasteiger partial charge is 0.254 e. The summed E-state index contributed by atoms with van der Waals surface area (Å²) in [6.45, 7) is 0. The second-order valence-electron chi connectivity index (χ2n) is 1.84. The molecule has 58 valence electrons. The SMILES string of the molecule is I.Nc1ccnc2ncnn12. The topological polar surface area (TPSA) is 69.1 Å². The van der Waals surface area contributed by atoms with E-state index in [-0.39, 0.29) is 24.0 Å². The third kappa shape index (κ3) is 1.25. The lowest BCUT2D eigenvalue weighted by atomic mass is 10.6. The molecular formula is C5H6IN5. The molecule has 0 fully saturated rings. The van der Waals surface area contributed by atoms with Crippen molar-refractivity contribution in [1.29, 1.82) is 0 Å². The fraction of sp³-hybridized carbons (Fsp3) is 0. The quantitative estimate of drug-likeness (QED) is 0.695. The maximum Gasteiger partial charge on any atom is 0.254 e. The first-order chi connectivity index (χ1) is 4.88. The van der Waals surface area contributed by atoms with Gasteiger partial charge in [-0.2, -0.15) is 14.6 Å². The van der Waals surface area contributed by atoms with Crippen molar-refractivity contribution in [2.45, 2.75) is 0 Å². The number of fused-ring (bicyclic) bond motifs is 1. The zero-order valence-corrected chi connectivity index (χ0v) is 7.84. The predicted molar refractivity (Wildman–Crippen MR) is 50.6 cm³/mol. The lowest BCUT2D eigenvalue weighted by molar-refractivity contribution is 0.952. The molecule has 2 rings (SSSR count). The van der Waals surface area contributed by atoms with E-state index in [2.05, 4.69) is 15.1 Å². The summed E-state index contributed by atoms with van der Waals surface area (Å²) in [7, 11) is 0. The van der Waals surface area contributed by atoms with Crippen LogP contribution < -0.4 is 5.73 Å². The van der Waals surface area contributed by atoms with E-state index in [0.717, 1.165) is 0 Å². The van der Waals surface area contributed by atoms with E-state index in [1.54, 1.807) is 12.3 Å². The first-order valence-electron chi connectivity index (χ1n) is 2.78. The van der Waals surface area contributed by atoms with Crippen LogP contribution in [0.3, 0.4) is 0 Å². The Labute approximate surface area is 79.7 Å². The van der Waals surface area contributed by atoms with Gasteiger partial charge in [0.1, 0.15) is 12.1 Å². The zero-order valence-electron chi connectivity index (χ0n) is 5.51. The predicted octanol–water partition coefficient (Wildman–Crippen LogP) is 0.324. The average Bonchev–Trinajstić information content (AvgIpc) is 2.36. The molecule has 0 saturated carbocycles. The Morgan fingerprint density at radius 2 is 2.18 bits per heavy atom. The molecule has 11 heavy (non-hydrogen) atoms. The van der Waals surface area contributed by atoms with Gasteiger partial charge in [-0.25, -0.2) is 4.98 Å². The summed E-state index contributed by atoms with van der Waals surface area (Å²) in [5.74, 6) is 1.07. The Morgan fingerprint density at radius 3 is 2.91 bits per heavy atom. The van der Waals surface area contributed by atoms with E-state index < -0.39 is 0 Å². The fourth-order valence-corrected chi connectivity index (χ4v) is 0.756. The molecule has 6 heteroatoms. The number of aromatic nitrogens is 4. The van der Waals surface area contributed by atoms with Gasteiger partial charge in [-0.3, -0.25) is 0 Å². The van der Waals surface area contributed by atoms with Gasteiger partial charge in [-0.05, 0) is 6.07 Å². The van der Waals surface area contributed by atoms with Crippen LogP contribution in [0.1, 0.15) is 0 Å². The van der Waals surface area contributed by atoms with Crippen molar-refractivity contribution in [2.24, 2.45) is 0 Å². The summed E-state index contributed by atoms with van der Waals surface area (Å²) in [6.07, 6.45) is 3.01. The van der Waals surface area contributed by atoms with Gasteiger partial charge in [-0.1, -0.05) is 0 Å². The van der Waals surface area contributed by atoms with E-state index in [9.17, 15) is 0 Å². The van der Waals surface area contributed by atoms with Gasteiger partial charge in [0.05, 0.1) is 0 Å². The molecule has 0 spiro atoms. The summed E-state index contributed by atoms with van der Waals surface area (Å²) in [4.78, 5) is 7.75. The monoisotopic (exact) mass is 263 g/mol. The molecular weight excluding hydrogens is 257 g/mol. The third-order valence-electron chi connectivity index (χ3n) is 1.21. The van der Waals surface area contributed by atoms with Crippen molar-refractivity contribution in [3.05, 3.63) is 18.6 Å². The second-order valence-corrected chi connectivity index (χ2v) is 1.84. The van der Waals surface area contributed by atoms with Gasteiger partial charge >= 0.3 is 0 Å². The van der Waals surface area contributed by atoms with Crippen LogP contribution in [0.2, 0.25) is 0 Å². The highest BCUT2D eigenvalue weighted by molar-refractivity contribution is 14.0. The summed E-state index contributed by atoms with van der Waals surface area (Å²) < 4.78 is 1.47. The highest BCUT2D eigenvalue weighted by Gasteiger charge is 1.96. The largest absolute Gasteiger partial charge is 0.383 e. The molecule has 0 bridgehead atoms. The molecule has 0 aliphatic heterocycles. The lowest BCUT2D eigenvalue weighted by Gasteiger charge is -1.92. The van der Waals surface area contributed by atoms with Crippen LogP contribution >= 0.6 is 24.0 Å². The van der Waals surface area contributed by atoms with Gasteiger partial charge in [-0.15, -0.1) is 24.0 Å². The van der Waals surface area contributed by atoms with E-state index in [4.69, 9.17) is 5.73 Å². The van der Waals surface area contributed by atoms with Crippen LogP contribution in [0.4, 0.5) is 5.82 Å². The van der Waals surface area contributed by atoms with Gasteiger partial charge in [0, 0.05) is 6.20 Å². The van der Waals surface area contributed by atoms with Crippen molar-refractivity contribution in [3.63, 3.8) is 0 Å². The normalized spacial score (nSPS) is 9.45. The summed E-state index contributed by atoms with van der Waals surface area (Å²) >= 11 is 0. The van der Waals surface area contributed by atoms with Crippen LogP contribution in [0.5, 0.6) is 0 Å². The molecule has 0 aliphatic rings. The number of nitrogen functional groups attached to an aromatic ring is 1. The minimum Gasteiger partial charge on any atom is -0.383 e. The average molecular weight is 263 g/mol. The molecule has 2 aromatic heterocycles. The van der Waals surface area contributed by atoms with Crippen LogP contribution in [0.25, 0.3) is 5.78 Å². The van der Waals surface area contributed by atoms with Crippen molar-refractivity contribution in [1.82, 2.24) is 19.6 Å². The fourth-order valence-electron chi connectivity index (χ4n) is 0.756. The number of anilines is 1. The Balaban J connectivity index is 0.000000605. The number of nitrogens with zero attached hydrogens (tertiary/aromatic N) is 4. The molecule has 0 radical (unpaired) electrons. The molecule has 0 atom stereocenters. The van der Waals surface area contributed by atoms with Gasteiger partial charge in [0.25, 0.3) is 5.78 Å². The Bertz CT molecular complexity index is 356. The first-order valence-corrected chi connectivity index (χ1v) is 2.78. The van der Waals surface area contributed by atoms with Gasteiger partial charge in [0.15, 0.2) is 0 Å². The highest BCUT2D eigenvalue weighted by atomic mass is 127. The minimum absolute atomic E-state index is 0. The number of hydrogen-bond donors (Lipinski definition) is 1. The Morgan fingerprint density at radius 1 is 1.36 bits per heavy atom. The molecule has 0 aromatic carbocycles. The molecule has 0 unspecified atom stereocenters. The standard InChI is InChI=1S/C5H5N5.HI/c6-4-1-2-7-5-8-3-9-10(4)5;/h1-3H,6H2;1H. The first kappa shape index (κ1) is 8.18. The molecule has 0 aliphatic carbocycles. The molecule has 2 aromatic rings. The van der Waals surface area contributed by atoms with E-state index in [1.807, 2.05) is 0 Å². The number of rotatable bonds is 0. The highest BCUT2D eigenvalue weighted by Crippen LogP contribution is 1.99. The number of nitrogens with two attached hydrogens (primary N) is 1. The summed E-state index contributed by atoms with van der Waals surface area (Å²) in [5, 5.41) is 3.84. The Hall–Kier alpha value is -0.920. The van der Waals surface area contributed by atoms with E-state index >= 15 is 0 Å². The molecule has 2 N–H and O–H groups in total. The third-order valence-corrected chi connectivity index (χ3v) is 1.21. The molecule has 0 saturated heterocycles. The summed E-state index contributed by atoms with van der Waals surface area (Å²) in [6, 6.07) is 1.67. The van der Waals surface area contributed by atoms with Crippen molar-refractivity contribution in [3.8, 4) is 0 Å². The van der Waals surface area contributed by atoms with E-state index in [1.165, 1.54) is 10.8 Å². The van der Waals surface area contributed by atoms with Crippen molar-refractivity contribution < 1.29 is 0 Å². The van der Waals surface area contributed by atoms with Gasteiger partial charge < -0.3 is 5.73 Å². The maximum atomic E-state index is 5.52. The summed E-state index contributed by atoms with van der Waals surface area (Å²) in [5.41, 5.74) is 5.52. The van der Waals surface area contributed by atoms with Crippen LogP contribution in [-0.2, 0) is 0 Å². The Kier molecular flexibility index (Phi) is 2.22. The lowest BCUT2D eigenvalue weighted by Crippen LogP contribution is -1.98. The number of halogens is 1. The maximum absolute atomic E-state index is 5.52. The van der Waals surface area contributed by atoms with E-state index in [0.29, 0.717) is 11.6 Å². The molecule has 2 heterocycles. The zero-order chi connectivity index (χ0) is 6.97. The number of hydrogen-bond acceptors (Lipinski definition) is 4. The van der Waals surface area contributed by atoms with Crippen molar-refractivity contribution in [2.75, 3.05) is 5.73 Å². The van der Waals surface area contributed by atoms with Crippen molar-refractivity contribution >= 4 is 35.6 Å². The van der Waals surface area contributed by atoms with Gasteiger partial charge in [0.2, 0.25) is 0 Å². The van der Waals surface area contributed by atoms with Crippen LogP contribution in [-0.4, -0.2) is 19.6 Å². The second kappa shape index (κ2) is 2.99. The van der Waals surface area contributed by atoms with Crippen LogP contribution in [0, 0.1) is 0 Å². The molecule has 5 nitrogen and oxygen atoms in total.